The highest BCUT2D eigenvalue weighted by molar-refractivity contribution is 8.00. The number of nitrogens with one attached hydrogen (secondary N) is 1. The first kappa shape index (κ1) is 19.5. The van der Waals surface area contributed by atoms with E-state index >= 15 is 0 Å². The number of halogens is 2. The summed E-state index contributed by atoms with van der Waals surface area (Å²) in [5.74, 6) is 0.742. The second-order valence-electron chi connectivity index (χ2n) is 5.45. The lowest BCUT2D eigenvalue weighted by Crippen LogP contribution is -2.14. The summed E-state index contributed by atoms with van der Waals surface area (Å²) >= 11 is 13.4. The molecule has 0 saturated carbocycles. The fourth-order valence-electron chi connectivity index (χ4n) is 2.20. The van der Waals surface area contributed by atoms with Gasteiger partial charge in [0.05, 0.1) is 17.3 Å². The average Bonchev–Trinajstić information content (AvgIpc) is 3.16. The minimum absolute atomic E-state index is 0.143. The van der Waals surface area contributed by atoms with E-state index < -0.39 is 0 Å². The largest absolute Gasteiger partial charge is 0.492 e. The van der Waals surface area contributed by atoms with Gasteiger partial charge in [-0.05, 0) is 30.3 Å². The number of carbonyl (C=O) groups excluding carboxylic acids is 1. The molecule has 0 unspecified atom stereocenters. The van der Waals surface area contributed by atoms with Crippen molar-refractivity contribution in [2.24, 2.45) is 0 Å². The lowest BCUT2D eigenvalue weighted by molar-refractivity contribution is -0.113. The van der Waals surface area contributed by atoms with Crippen LogP contribution in [0.15, 0.2) is 60.0 Å². The van der Waals surface area contributed by atoms with E-state index in [1.54, 1.807) is 41.3 Å². The molecule has 0 aliphatic carbocycles. The van der Waals surface area contributed by atoms with Gasteiger partial charge in [-0.25, -0.2) is 9.67 Å². The van der Waals surface area contributed by atoms with Crippen LogP contribution in [0, 0.1) is 0 Å². The van der Waals surface area contributed by atoms with Crippen molar-refractivity contribution < 1.29 is 9.53 Å². The number of anilines is 1. The summed E-state index contributed by atoms with van der Waals surface area (Å²) < 4.78 is 7.37. The first-order valence-corrected chi connectivity index (χ1v) is 9.77. The van der Waals surface area contributed by atoms with E-state index in [0.29, 0.717) is 34.6 Å². The fourth-order valence-corrected chi connectivity index (χ4v) is 3.49. The Morgan fingerprint density at radius 2 is 2.11 bits per heavy atom. The molecule has 6 nitrogen and oxygen atoms in total. The molecule has 1 N–H and O–H groups in total. The maximum absolute atomic E-state index is 12.2. The summed E-state index contributed by atoms with van der Waals surface area (Å²) in [6, 6.07) is 12.4. The quantitative estimate of drug-likeness (QED) is 0.544. The number of ether oxygens (including phenoxy) is 1. The number of nitrogens with zero attached hydrogens (tertiary/aromatic N) is 3. The van der Waals surface area contributed by atoms with Crippen LogP contribution >= 0.6 is 35.0 Å². The molecule has 3 aromatic rings. The molecule has 1 heterocycles. The van der Waals surface area contributed by atoms with Crippen LogP contribution in [0.2, 0.25) is 10.0 Å². The maximum Gasteiger partial charge on any atom is 0.234 e. The smallest absolute Gasteiger partial charge is 0.234 e. The second-order valence-corrected chi connectivity index (χ2v) is 7.31. The van der Waals surface area contributed by atoms with Gasteiger partial charge in [-0.2, -0.15) is 5.10 Å². The topological polar surface area (TPSA) is 69.0 Å². The number of hydrogen-bond acceptors (Lipinski definition) is 5. The van der Waals surface area contributed by atoms with Crippen LogP contribution in [0.5, 0.6) is 5.75 Å². The zero-order valence-electron chi connectivity index (χ0n) is 14.1. The average molecular weight is 423 g/mol. The van der Waals surface area contributed by atoms with Gasteiger partial charge >= 0.3 is 0 Å². The molecule has 9 heteroatoms. The third-order valence-electron chi connectivity index (χ3n) is 3.43. The number of carbonyl (C=O) groups is 1. The fraction of sp³-hybridized carbons (Fsp3) is 0.167. The van der Waals surface area contributed by atoms with E-state index in [2.05, 4.69) is 15.4 Å². The molecule has 0 fully saturated rings. The van der Waals surface area contributed by atoms with Gasteiger partial charge in [0, 0.05) is 21.7 Å². The Morgan fingerprint density at radius 1 is 1.22 bits per heavy atom. The van der Waals surface area contributed by atoms with Gasteiger partial charge in [-0.1, -0.05) is 29.3 Å². The minimum atomic E-state index is -0.143. The van der Waals surface area contributed by atoms with Crippen molar-refractivity contribution in [1.29, 1.82) is 0 Å². The summed E-state index contributed by atoms with van der Waals surface area (Å²) in [7, 11) is 0. The van der Waals surface area contributed by atoms with Gasteiger partial charge in [-0.15, -0.1) is 11.8 Å². The van der Waals surface area contributed by atoms with Crippen molar-refractivity contribution in [2.75, 3.05) is 17.7 Å². The summed E-state index contributed by atoms with van der Waals surface area (Å²) in [6.07, 6.45) is 3.11. The van der Waals surface area contributed by atoms with Gasteiger partial charge in [-0.3, -0.25) is 4.79 Å². The highest BCUT2D eigenvalue weighted by Crippen LogP contribution is 2.30. The molecule has 0 bridgehead atoms. The predicted octanol–water partition coefficient (Wildman–Crippen LogP) is 4.39. The molecule has 1 amide bonds. The van der Waals surface area contributed by atoms with Crippen LogP contribution in [0.1, 0.15) is 0 Å². The lowest BCUT2D eigenvalue weighted by Gasteiger charge is -2.09. The Bertz CT molecular complexity index is 906. The molecule has 0 radical (unpaired) electrons. The minimum Gasteiger partial charge on any atom is -0.492 e. The summed E-state index contributed by atoms with van der Waals surface area (Å²) in [5.41, 5.74) is 0.663. The van der Waals surface area contributed by atoms with Crippen molar-refractivity contribution in [2.45, 2.75) is 11.4 Å². The third kappa shape index (κ3) is 6.16. The predicted molar refractivity (Wildman–Crippen MR) is 108 cm³/mol. The Balaban J connectivity index is 1.49. The van der Waals surface area contributed by atoms with E-state index in [4.69, 9.17) is 27.9 Å². The summed E-state index contributed by atoms with van der Waals surface area (Å²) in [4.78, 5) is 16.8. The highest BCUT2D eigenvalue weighted by atomic mass is 35.5. The van der Waals surface area contributed by atoms with Crippen LogP contribution in [-0.4, -0.2) is 33.0 Å². The molecule has 140 valence electrons. The van der Waals surface area contributed by atoms with Crippen LogP contribution < -0.4 is 10.1 Å². The maximum atomic E-state index is 12.2. The van der Waals surface area contributed by atoms with Crippen molar-refractivity contribution in [3.05, 3.63) is 65.2 Å². The normalized spacial score (nSPS) is 10.6. The van der Waals surface area contributed by atoms with Crippen molar-refractivity contribution >= 4 is 46.6 Å². The third-order valence-corrected chi connectivity index (χ3v) is 5.16. The second kappa shape index (κ2) is 9.64. The van der Waals surface area contributed by atoms with Crippen LogP contribution in [0.4, 0.5) is 5.69 Å². The molecular formula is C18H16Cl2N4O2S. The lowest BCUT2D eigenvalue weighted by atomic mass is 10.3. The zero-order chi connectivity index (χ0) is 19.1. The Kier molecular flexibility index (Phi) is 6.98. The number of aromatic nitrogens is 3. The molecule has 0 saturated heterocycles. The molecule has 0 spiro atoms. The number of benzene rings is 2. The van der Waals surface area contributed by atoms with Crippen molar-refractivity contribution in [1.82, 2.24) is 14.8 Å². The first-order chi connectivity index (χ1) is 13.1. The van der Waals surface area contributed by atoms with E-state index in [9.17, 15) is 4.79 Å². The SMILES string of the molecule is O=C(CSc1cc(Cl)ccc1Cl)Nc1cccc(OCCn2cncn2)c1. The monoisotopic (exact) mass is 422 g/mol. The summed E-state index contributed by atoms with van der Waals surface area (Å²) in [6.45, 7) is 1.04. The Labute approximate surface area is 170 Å². The van der Waals surface area contributed by atoms with Gasteiger partial charge in [0.25, 0.3) is 0 Å². The van der Waals surface area contributed by atoms with E-state index in [-0.39, 0.29) is 11.7 Å². The molecule has 0 aliphatic heterocycles. The number of amides is 1. The molecule has 27 heavy (non-hydrogen) atoms. The Hall–Kier alpha value is -2.22. The molecular weight excluding hydrogens is 407 g/mol. The highest BCUT2D eigenvalue weighted by Gasteiger charge is 2.08. The van der Waals surface area contributed by atoms with Gasteiger partial charge in [0.1, 0.15) is 25.0 Å². The number of hydrogen-bond donors (Lipinski definition) is 1. The van der Waals surface area contributed by atoms with Gasteiger partial charge in [0.15, 0.2) is 0 Å². The van der Waals surface area contributed by atoms with E-state index in [1.807, 2.05) is 12.1 Å². The van der Waals surface area contributed by atoms with E-state index in [0.717, 1.165) is 4.90 Å². The van der Waals surface area contributed by atoms with Crippen molar-refractivity contribution in [3.8, 4) is 5.75 Å². The number of thioether (sulfide) groups is 1. The molecule has 2 aromatic carbocycles. The van der Waals surface area contributed by atoms with Crippen LogP contribution in [-0.2, 0) is 11.3 Å². The zero-order valence-corrected chi connectivity index (χ0v) is 16.5. The van der Waals surface area contributed by atoms with E-state index in [1.165, 1.54) is 18.1 Å². The van der Waals surface area contributed by atoms with Gasteiger partial charge in [0.2, 0.25) is 5.91 Å². The standard InChI is InChI=1S/C18H16Cl2N4O2S/c19-13-4-5-16(20)17(8-13)27-10-18(25)23-14-2-1-3-15(9-14)26-7-6-24-12-21-11-22-24/h1-5,8-9,11-12H,6-7,10H2,(H,23,25). The Morgan fingerprint density at radius 3 is 2.93 bits per heavy atom. The molecule has 0 aliphatic rings. The van der Waals surface area contributed by atoms with Crippen LogP contribution in [0.3, 0.4) is 0 Å². The molecule has 0 atom stereocenters. The number of rotatable bonds is 8. The van der Waals surface area contributed by atoms with Crippen LogP contribution in [0.25, 0.3) is 0 Å². The molecule has 1 aromatic heterocycles. The van der Waals surface area contributed by atoms with Gasteiger partial charge < -0.3 is 10.1 Å². The first-order valence-electron chi connectivity index (χ1n) is 8.03. The van der Waals surface area contributed by atoms with Crippen molar-refractivity contribution in [3.63, 3.8) is 0 Å². The summed E-state index contributed by atoms with van der Waals surface area (Å²) in [5, 5.41) is 8.01. The molecule has 3 rings (SSSR count).